The summed E-state index contributed by atoms with van der Waals surface area (Å²) in [5.41, 5.74) is 1.21. The van der Waals surface area contributed by atoms with Gasteiger partial charge in [-0.2, -0.15) is 0 Å². The van der Waals surface area contributed by atoms with Crippen molar-refractivity contribution in [3.63, 3.8) is 0 Å². The van der Waals surface area contributed by atoms with Crippen LogP contribution in [0.3, 0.4) is 0 Å². The highest BCUT2D eigenvalue weighted by atomic mass is 16.6. The Bertz CT molecular complexity index is 861. The van der Waals surface area contributed by atoms with Crippen LogP contribution in [0.4, 0.5) is 5.69 Å². The molecule has 8 nitrogen and oxygen atoms in total. The molecule has 0 radical (unpaired) electrons. The summed E-state index contributed by atoms with van der Waals surface area (Å²) in [7, 11) is 0. The molecule has 0 spiro atoms. The molecule has 2 heterocycles. The number of aryl methyl sites for hydroxylation is 1. The first kappa shape index (κ1) is 17.5. The standard InChI is InChI=1S/C18H17N3O5/c1-11-9-16(19-10-15(11)21(24)25)26-12(2)7-8-20-17(22)13-5-3-4-6-14(13)18(20)23/h3-6,9-10,12H,7-8H2,1-2H3/t12-/m1/s1. The van der Waals surface area contributed by atoms with Crippen LogP contribution < -0.4 is 4.74 Å². The van der Waals surface area contributed by atoms with E-state index in [0.717, 1.165) is 6.20 Å². The molecule has 1 aromatic carbocycles. The number of carbonyl (C=O) groups excluding carboxylic acids is 2. The second-order valence-corrected chi connectivity index (χ2v) is 6.09. The Kier molecular flexibility index (Phi) is 4.66. The number of benzene rings is 1. The van der Waals surface area contributed by atoms with Crippen LogP contribution in [0.15, 0.2) is 36.5 Å². The number of aromatic nitrogens is 1. The van der Waals surface area contributed by atoms with E-state index in [2.05, 4.69) is 4.98 Å². The van der Waals surface area contributed by atoms with Crippen molar-refractivity contribution < 1.29 is 19.2 Å². The number of hydrogen-bond acceptors (Lipinski definition) is 6. The third kappa shape index (κ3) is 3.26. The van der Waals surface area contributed by atoms with Gasteiger partial charge in [0, 0.05) is 24.6 Å². The third-order valence-corrected chi connectivity index (χ3v) is 4.21. The SMILES string of the molecule is Cc1cc(O[C@H](C)CCN2C(=O)c3ccccc3C2=O)ncc1[N+](=O)[O-]. The fourth-order valence-electron chi connectivity index (χ4n) is 2.80. The molecular weight excluding hydrogens is 338 g/mol. The summed E-state index contributed by atoms with van der Waals surface area (Å²) in [5, 5.41) is 10.8. The number of nitro groups is 1. The minimum atomic E-state index is -0.502. The van der Waals surface area contributed by atoms with Gasteiger partial charge in [0.2, 0.25) is 5.88 Å². The van der Waals surface area contributed by atoms with E-state index in [-0.39, 0.29) is 36.0 Å². The molecule has 26 heavy (non-hydrogen) atoms. The fraction of sp³-hybridized carbons (Fsp3) is 0.278. The van der Waals surface area contributed by atoms with Crippen LogP contribution in [-0.4, -0.2) is 39.3 Å². The van der Waals surface area contributed by atoms with Crippen LogP contribution in [-0.2, 0) is 0 Å². The number of imide groups is 1. The average Bonchev–Trinajstić information content (AvgIpc) is 2.84. The zero-order chi connectivity index (χ0) is 18.8. The van der Waals surface area contributed by atoms with E-state index < -0.39 is 4.92 Å². The summed E-state index contributed by atoms with van der Waals surface area (Å²) >= 11 is 0. The molecule has 3 rings (SSSR count). The van der Waals surface area contributed by atoms with Gasteiger partial charge < -0.3 is 4.74 Å². The molecule has 0 unspecified atom stereocenters. The minimum absolute atomic E-state index is 0.0731. The largest absolute Gasteiger partial charge is 0.475 e. The highest BCUT2D eigenvalue weighted by molar-refractivity contribution is 6.21. The van der Waals surface area contributed by atoms with Crippen molar-refractivity contribution in [2.24, 2.45) is 0 Å². The first-order valence-electron chi connectivity index (χ1n) is 8.11. The summed E-state index contributed by atoms with van der Waals surface area (Å²) in [6.45, 7) is 3.62. The Morgan fingerprint density at radius 2 is 1.85 bits per heavy atom. The number of amides is 2. The molecule has 2 amide bonds. The van der Waals surface area contributed by atoms with Crippen molar-refractivity contribution in [3.8, 4) is 5.88 Å². The molecule has 1 atom stereocenters. The van der Waals surface area contributed by atoms with Crippen molar-refractivity contribution in [2.75, 3.05) is 6.54 Å². The number of pyridine rings is 1. The first-order chi connectivity index (χ1) is 12.4. The summed E-state index contributed by atoms with van der Waals surface area (Å²) in [6.07, 6.45) is 1.25. The number of nitrogens with zero attached hydrogens (tertiary/aromatic N) is 3. The Labute approximate surface area is 149 Å². The van der Waals surface area contributed by atoms with E-state index in [1.165, 1.54) is 11.0 Å². The molecule has 0 saturated carbocycles. The van der Waals surface area contributed by atoms with Crippen molar-refractivity contribution in [3.05, 3.63) is 63.3 Å². The normalized spacial score (nSPS) is 14.3. The zero-order valence-electron chi connectivity index (χ0n) is 14.3. The second-order valence-electron chi connectivity index (χ2n) is 6.09. The second kappa shape index (κ2) is 6.91. The van der Waals surface area contributed by atoms with Crippen molar-refractivity contribution in [1.29, 1.82) is 0 Å². The number of rotatable bonds is 6. The Balaban J connectivity index is 1.61. The van der Waals surface area contributed by atoms with Gasteiger partial charge >= 0.3 is 0 Å². The maximum Gasteiger partial charge on any atom is 0.290 e. The highest BCUT2D eigenvalue weighted by Crippen LogP contribution is 2.24. The topological polar surface area (TPSA) is 103 Å². The maximum atomic E-state index is 12.3. The molecular formula is C18H17N3O5. The van der Waals surface area contributed by atoms with Crippen LogP contribution in [0.5, 0.6) is 5.88 Å². The van der Waals surface area contributed by atoms with Gasteiger partial charge in [-0.1, -0.05) is 12.1 Å². The molecule has 0 saturated heterocycles. The minimum Gasteiger partial charge on any atom is -0.475 e. The molecule has 0 fully saturated rings. The van der Waals surface area contributed by atoms with E-state index in [1.54, 1.807) is 38.1 Å². The molecule has 1 aliphatic heterocycles. The maximum absolute atomic E-state index is 12.3. The van der Waals surface area contributed by atoms with Gasteiger partial charge in [-0.25, -0.2) is 4.98 Å². The van der Waals surface area contributed by atoms with Gasteiger partial charge in [-0.3, -0.25) is 24.6 Å². The number of carbonyl (C=O) groups is 2. The number of hydrogen-bond donors (Lipinski definition) is 0. The fourth-order valence-corrected chi connectivity index (χ4v) is 2.80. The summed E-state index contributed by atoms with van der Waals surface area (Å²) < 4.78 is 5.65. The lowest BCUT2D eigenvalue weighted by molar-refractivity contribution is -0.385. The summed E-state index contributed by atoms with van der Waals surface area (Å²) in [5.74, 6) is -0.341. The van der Waals surface area contributed by atoms with Gasteiger partial charge in [0.05, 0.1) is 22.2 Å². The molecule has 2 aromatic rings. The monoisotopic (exact) mass is 355 g/mol. The molecule has 0 N–H and O–H groups in total. The number of ether oxygens (including phenoxy) is 1. The van der Waals surface area contributed by atoms with Gasteiger partial charge in [0.1, 0.15) is 6.20 Å². The molecule has 1 aromatic heterocycles. The molecule has 1 aliphatic rings. The summed E-state index contributed by atoms with van der Waals surface area (Å²) in [4.78, 5) is 40.1. The Morgan fingerprint density at radius 1 is 1.23 bits per heavy atom. The van der Waals surface area contributed by atoms with Crippen molar-refractivity contribution in [2.45, 2.75) is 26.4 Å². The highest BCUT2D eigenvalue weighted by Gasteiger charge is 2.34. The molecule has 0 aliphatic carbocycles. The summed E-state index contributed by atoms with van der Waals surface area (Å²) in [6, 6.07) is 8.22. The predicted octanol–water partition coefficient (Wildman–Crippen LogP) is 2.75. The number of fused-ring (bicyclic) bond motifs is 1. The van der Waals surface area contributed by atoms with Gasteiger partial charge in [-0.15, -0.1) is 0 Å². The van der Waals surface area contributed by atoms with Crippen molar-refractivity contribution in [1.82, 2.24) is 9.88 Å². The van der Waals surface area contributed by atoms with Crippen molar-refractivity contribution >= 4 is 17.5 Å². The molecule has 8 heteroatoms. The van der Waals surface area contributed by atoms with E-state index in [4.69, 9.17) is 4.74 Å². The average molecular weight is 355 g/mol. The zero-order valence-corrected chi connectivity index (χ0v) is 14.3. The van der Waals surface area contributed by atoms with E-state index >= 15 is 0 Å². The lowest BCUT2D eigenvalue weighted by Crippen LogP contribution is -2.33. The van der Waals surface area contributed by atoms with Gasteiger partial charge in [-0.05, 0) is 26.0 Å². The molecule has 134 valence electrons. The smallest absolute Gasteiger partial charge is 0.290 e. The van der Waals surface area contributed by atoms with Crippen LogP contribution in [0, 0.1) is 17.0 Å². The van der Waals surface area contributed by atoms with E-state index in [0.29, 0.717) is 23.1 Å². The van der Waals surface area contributed by atoms with Gasteiger partial charge in [0.25, 0.3) is 17.5 Å². The van der Waals surface area contributed by atoms with E-state index in [9.17, 15) is 19.7 Å². The lowest BCUT2D eigenvalue weighted by Gasteiger charge is -2.18. The van der Waals surface area contributed by atoms with Crippen LogP contribution >= 0.6 is 0 Å². The Morgan fingerprint density at radius 3 is 2.38 bits per heavy atom. The van der Waals surface area contributed by atoms with Crippen LogP contribution in [0.25, 0.3) is 0 Å². The lowest BCUT2D eigenvalue weighted by atomic mass is 10.1. The Hall–Kier alpha value is -3.29. The quantitative estimate of drug-likeness (QED) is 0.448. The van der Waals surface area contributed by atoms with Crippen LogP contribution in [0.1, 0.15) is 39.6 Å². The predicted molar refractivity (Wildman–Crippen MR) is 92.1 cm³/mol. The van der Waals surface area contributed by atoms with E-state index in [1.807, 2.05) is 0 Å². The molecule has 0 bridgehead atoms. The first-order valence-corrected chi connectivity index (χ1v) is 8.11. The van der Waals surface area contributed by atoms with Crippen LogP contribution in [0.2, 0.25) is 0 Å². The van der Waals surface area contributed by atoms with Gasteiger partial charge in [0.15, 0.2) is 0 Å². The third-order valence-electron chi connectivity index (χ3n) is 4.21.